The van der Waals surface area contributed by atoms with Crippen LogP contribution in [0, 0.1) is 5.92 Å². The van der Waals surface area contributed by atoms with Crippen molar-refractivity contribution in [3.63, 3.8) is 0 Å². The lowest BCUT2D eigenvalue weighted by molar-refractivity contribution is -0.143. The Morgan fingerprint density at radius 3 is 2.26 bits per heavy atom. The van der Waals surface area contributed by atoms with E-state index in [1.807, 2.05) is 31.2 Å². The van der Waals surface area contributed by atoms with E-state index in [1.54, 1.807) is 11.8 Å². The first kappa shape index (κ1) is 23.8. The molecule has 2 aromatic carbocycles. The summed E-state index contributed by atoms with van der Waals surface area (Å²) in [7, 11) is 0. The van der Waals surface area contributed by atoms with Crippen LogP contribution in [-0.4, -0.2) is 53.2 Å². The van der Waals surface area contributed by atoms with E-state index >= 15 is 0 Å². The Balaban J connectivity index is 1.36. The van der Waals surface area contributed by atoms with Gasteiger partial charge in [0.25, 0.3) is 0 Å². The van der Waals surface area contributed by atoms with Crippen LogP contribution in [0.1, 0.15) is 56.6 Å². The number of carbonyl (C=O) groups excluding carboxylic acids is 2. The number of likely N-dealkylation sites (tertiary alicyclic amines) is 1. The molecule has 2 aromatic rings. The molecule has 1 saturated heterocycles. The maximum absolute atomic E-state index is 12.9. The van der Waals surface area contributed by atoms with Crippen molar-refractivity contribution in [1.29, 1.82) is 0 Å². The molecular weight excluding hydrogens is 432 g/mol. The molecule has 1 heterocycles. The summed E-state index contributed by atoms with van der Waals surface area (Å²) in [5.41, 5.74) is 4.63. The molecular formula is C27H32N2O5. The third-order valence-electron chi connectivity index (χ3n) is 7.12. The number of aliphatic carboxylic acids is 1. The number of carbonyl (C=O) groups is 3. The third-order valence-corrected chi connectivity index (χ3v) is 7.12. The van der Waals surface area contributed by atoms with Gasteiger partial charge < -0.3 is 20.1 Å². The predicted molar refractivity (Wildman–Crippen MR) is 128 cm³/mol. The van der Waals surface area contributed by atoms with E-state index in [0.717, 1.165) is 17.5 Å². The first-order valence-corrected chi connectivity index (χ1v) is 12.0. The van der Waals surface area contributed by atoms with Crippen LogP contribution in [0.4, 0.5) is 4.79 Å². The van der Waals surface area contributed by atoms with E-state index in [2.05, 4.69) is 29.6 Å². The highest BCUT2D eigenvalue weighted by Gasteiger charge is 2.38. The molecule has 3 atom stereocenters. The lowest BCUT2D eigenvalue weighted by Gasteiger charge is -2.26. The summed E-state index contributed by atoms with van der Waals surface area (Å²) >= 11 is 0. The van der Waals surface area contributed by atoms with Gasteiger partial charge in [-0.15, -0.1) is 0 Å². The number of carboxylic acids is 1. The van der Waals surface area contributed by atoms with Crippen LogP contribution in [0.5, 0.6) is 0 Å². The molecule has 1 aliphatic heterocycles. The van der Waals surface area contributed by atoms with Crippen molar-refractivity contribution >= 4 is 18.0 Å². The second-order valence-electron chi connectivity index (χ2n) is 9.22. The number of nitrogens with zero attached hydrogens (tertiary/aromatic N) is 1. The summed E-state index contributed by atoms with van der Waals surface area (Å²) in [6, 6.07) is 15.6. The number of ether oxygens (including phenoxy) is 1. The number of fused-ring (bicyclic) bond motifs is 3. The second kappa shape index (κ2) is 10.3. The normalized spacial score (nSPS) is 19.9. The molecule has 1 fully saturated rings. The van der Waals surface area contributed by atoms with Crippen molar-refractivity contribution < 1.29 is 24.2 Å². The van der Waals surface area contributed by atoms with Crippen molar-refractivity contribution in [3.05, 3.63) is 59.7 Å². The Bertz CT molecular complexity index is 1020. The lowest BCUT2D eigenvalue weighted by Crippen LogP contribution is -2.43. The summed E-state index contributed by atoms with van der Waals surface area (Å²) in [5, 5.41) is 12.2. The molecule has 7 nitrogen and oxygen atoms in total. The fourth-order valence-corrected chi connectivity index (χ4v) is 5.33. The predicted octanol–water partition coefficient (Wildman–Crippen LogP) is 4.41. The summed E-state index contributed by atoms with van der Waals surface area (Å²) in [6.07, 6.45) is 1.50. The number of hydrogen-bond donors (Lipinski definition) is 2. The van der Waals surface area contributed by atoms with E-state index in [1.165, 1.54) is 11.1 Å². The Morgan fingerprint density at radius 1 is 1.09 bits per heavy atom. The zero-order valence-corrected chi connectivity index (χ0v) is 19.7. The molecule has 2 amide bonds. The van der Waals surface area contributed by atoms with Gasteiger partial charge in [-0.25, -0.2) is 4.79 Å². The molecule has 2 unspecified atom stereocenters. The summed E-state index contributed by atoms with van der Waals surface area (Å²) in [6.45, 7) is 4.42. The monoisotopic (exact) mass is 464 g/mol. The zero-order chi connectivity index (χ0) is 24.2. The molecule has 7 heteroatoms. The van der Waals surface area contributed by atoms with Crippen LogP contribution in [0.15, 0.2) is 48.5 Å². The van der Waals surface area contributed by atoms with E-state index in [9.17, 15) is 19.5 Å². The van der Waals surface area contributed by atoms with Crippen LogP contribution in [0.3, 0.4) is 0 Å². The summed E-state index contributed by atoms with van der Waals surface area (Å²) < 4.78 is 5.64. The van der Waals surface area contributed by atoms with Gasteiger partial charge in [0.2, 0.25) is 5.91 Å². The van der Waals surface area contributed by atoms with Gasteiger partial charge in [-0.3, -0.25) is 9.59 Å². The molecule has 0 radical (unpaired) electrons. The maximum atomic E-state index is 12.9. The molecule has 1 aliphatic carbocycles. The SMILES string of the molecule is CCC[C@H](CC(=O)N1CCC(C(=O)O)C1C)NC(=O)OCC1c2ccccc2-c2ccccc21. The smallest absolute Gasteiger partial charge is 0.407 e. The number of alkyl carbamates (subject to hydrolysis) is 1. The van der Waals surface area contributed by atoms with E-state index in [-0.39, 0.29) is 36.9 Å². The first-order valence-electron chi connectivity index (χ1n) is 12.0. The zero-order valence-electron chi connectivity index (χ0n) is 19.7. The minimum absolute atomic E-state index is 0.0252. The van der Waals surface area contributed by atoms with Gasteiger partial charge in [0.05, 0.1) is 5.92 Å². The van der Waals surface area contributed by atoms with Gasteiger partial charge in [-0.05, 0) is 42.0 Å². The highest BCUT2D eigenvalue weighted by atomic mass is 16.5. The fourth-order valence-electron chi connectivity index (χ4n) is 5.33. The molecule has 0 bridgehead atoms. The quantitative estimate of drug-likeness (QED) is 0.604. The number of hydrogen-bond acceptors (Lipinski definition) is 4. The van der Waals surface area contributed by atoms with Crippen molar-refractivity contribution in [1.82, 2.24) is 10.2 Å². The Morgan fingerprint density at radius 2 is 1.71 bits per heavy atom. The first-order chi connectivity index (χ1) is 16.4. The van der Waals surface area contributed by atoms with Crippen molar-refractivity contribution in [2.24, 2.45) is 5.92 Å². The third kappa shape index (κ3) is 4.79. The summed E-state index contributed by atoms with van der Waals surface area (Å²) in [5.74, 6) is -1.57. The second-order valence-corrected chi connectivity index (χ2v) is 9.22. The van der Waals surface area contributed by atoms with E-state index in [0.29, 0.717) is 19.4 Å². The number of carboxylic acid groups (broad SMARTS) is 1. The van der Waals surface area contributed by atoms with Crippen molar-refractivity contribution in [3.8, 4) is 11.1 Å². The Labute approximate surface area is 200 Å². The maximum Gasteiger partial charge on any atom is 0.407 e. The number of benzene rings is 2. The molecule has 34 heavy (non-hydrogen) atoms. The highest BCUT2D eigenvalue weighted by molar-refractivity contribution is 5.81. The van der Waals surface area contributed by atoms with Crippen LogP contribution >= 0.6 is 0 Å². The molecule has 4 rings (SSSR count). The molecule has 2 N–H and O–H groups in total. The molecule has 0 saturated carbocycles. The summed E-state index contributed by atoms with van der Waals surface area (Å²) in [4.78, 5) is 38.6. The van der Waals surface area contributed by atoms with Crippen LogP contribution in [0.25, 0.3) is 11.1 Å². The Hall–Kier alpha value is -3.35. The minimum atomic E-state index is -0.871. The number of rotatable bonds is 8. The Kier molecular flexibility index (Phi) is 7.20. The van der Waals surface area contributed by atoms with Gasteiger partial charge >= 0.3 is 12.1 Å². The molecule has 0 spiro atoms. The fraction of sp³-hybridized carbons (Fsp3) is 0.444. The number of nitrogens with one attached hydrogen (secondary N) is 1. The van der Waals surface area contributed by atoms with Crippen LogP contribution in [-0.2, 0) is 14.3 Å². The van der Waals surface area contributed by atoms with Gasteiger partial charge in [-0.1, -0.05) is 61.9 Å². The van der Waals surface area contributed by atoms with E-state index in [4.69, 9.17) is 4.74 Å². The van der Waals surface area contributed by atoms with Crippen molar-refractivity contribution in [2.45, 2.75) is 57.5 Å². The molecule has 0 aromatic heterocycles. The van der Waals surface area contributed by atoms with E-state index < -0.39 is 18.0 Å². The largest absolute Gasteiger partial charge is 0.481 e. The molecule has 180 valence electrons. The standard InChI is InChI=1S/C27H32N2O5/c1-3-8-18(15-25(30)29-14-13-19(17(29)2)26(31)32)28-27(33)34-16-24-22-11-6-4-9-20(22)21-10-5-7-12-23(21)24/h4-7,9-12,17-19,24H,3,8,13-16H2,1-2H3,(H,28,33)(H,31,32)/t17?,18-,19?/m1/s1. The lowest BCUT2D eigenvalue weighted by atomic mass is 9.98. The van der Waals surface area contributed by atoms with Crippen molar-refractivity contribution in [2.75, 3.05) is 13.2 Å². The van der Waals surface area contributed by atoms with Gasteiger partial charge in [0.1, 0.15) is 6.61 Å². The topological polar surface area (TPSA) is 95.9 Å². The highest BCUT2D eigenvalue weighted by Crippen LogP contribution is 2.44. The van der Waals surface area contributed by atoms with Crippen LogP contribution in [0.2, 0.25) is 0 Å². The average molecular weight is 465 g/mol. The number of amides is 2. The molecule has 2 aliphatic rings. The minimum Gasteiger partial charge on any atom is -0.481 e. The van der Waals surface area contributed by atoms with Gasteiger partial charge in [0.15, 0.2) is 0 Å². The van der Waals surface area contributed by atoms with Crippen LogP contribution < -0.4 is 5.32 Å². The van der Waals surface area contributed by atoms with Gasteiger partial charge in [-0.2, -0.15) is 0 Å². The average Bonchev–Trinajstić information content (AvgIpc) is 3.36. The van der Waals surface area contributed by atoms with Gasteiger partial charge in [0, 0.05) is 31.0 Å².